The van der Waals surface area contributed by atoms with Crippen molar-refractivity contribution in [1.29, 1.82) is 0 Å². The molecule has 3 aromatic rings. The monoisotopic (exact) mass is 368 g/mol. The van der Waals surface area contributed by atoms with Gasteiger partial charge in [-0.1, -0.05) is 60.7 Å². The fourth-order valence-electron chi connectivity index (χ4n) is 2.74. The zero-order chi connectivity index (χ0) is 18.6. The maximum Gasteiger partial charge on any atom is 0.241 e. The standard InChI is InChI=1S/C20H20N2O3S/c21-19(15-7-3-1-4-8-15)20(16-9-5-2-6-10-16)22-26(24,25)18-13-11-17(23)12-14-18/h1-14,19-20,22-23H,21H2. The number of nitrogens with two attached hydrogens (primary N) is 1. The van der Waals surface area contributed by atoms with Crippen molar-refractivity contribution in [3.8, 4) is 5.75 Å². The largest absolute Gasteiger partial charge is 0.508 e. The highest BCUT2D eigenvalue weighted by Crippen LogP contribution is 2.29. The Morgan fingerprint density at radius 2 is 1.27 bits per heavy atom. The van der Waals surface area contributed by atoms with Gasteiger partial charge in [0, 0.05) is 0 Å². The molecule has 0 fully saturated rings. The molecule has 134 valence electrons. The van der Waals surface area contributed by atoms with Crippen molar-refractivity contribution in [3.05, 3.63) is 96.1 Å². The molecule has 2 unspecified atom stereocenters. The molecule has 3 aromatic carbocycles. The number of benzene rings is 3. The number of sulfonamides is 1. The summed E-state index contributed by atoms with van der Waals surface area (Å²) in [6.07, 6.45) is 0. The van der Waals surface area contributed by atoms with E-state index in [9.17, 15) is 13.5 Å². The van der Waals surface area contributed by atoms with Crippen LogP contribution in [0.3, 0.4) is 0 Å². The number of phenols is 1. The minimum Gasteiger partial charge on any atom is -0.508 e. The van der Waals surface area contributed by atoms with Crippen molar-refractivity contribution < 1.29 is 13.5 Å². The zero-order valence-electron chi connectivity index (χ0n) is 14.0. The summed E-state index contributed by atoms with van der Waals surface area (Å²) in [7, 11) is -3.82. The summed E-state index contributed by atoms with van der Waals surface area (Å²) in [5, 5.41) is 9.38. The van der Waals surface area contributed by atoms with Crippen LogP contribution >= 0.6 is 0 Å². The number of aromatic hydroxyl groups is 1. The molecule has 2 atom stereocenters. The molecule has 3 rings (SSSR count). The van der Waals surface area contributed by atoms with Crippen LogP contribution < -0.4 is 10.5 Å². The Morgan fingerprint density at radius 1 is 0.769 bits per heavy atom. The number of rotatable bonds is 6. The first kappa shape index (κ1) is 18.1. The van der Waals surface area contributed by atoms with Crippen LogP contribution in [0.15, 0.2) is 89.8 Å². The quantitative estimate of drug-likeness (QED) is 0.623. The van der Waals surface area contributed by atoms with Gasteiger partial charge < -0.3 is 10.8 Å². The Kier molecular flexibility index (Phi) is 5.37. The molecule has 0 saturated carbocycles. The summed E-state index contributed by atoms with van der Waals surface area (Å²) >= 11 is 0. The molecule has 0 aliphatic rings. The maximum atomic E-state index is 12.8. The number of hydrogen-bond acceptors (Lipinski definition) is 4. The molecule has 0 radical (unpaired) electrons. The van der Waals surface area contributed by atoms with Gasteiger partial charge in [0.15, 0.2) is 0 Å². The van der Waals surface area contributed by atoms with Crippen LogP contribution in [0.5, 0.6) is 5.75 Å². The molecule has 0 spiro atoms. The molecule has 0 saturated heterocycles. The van der Waals surface area contributed by atoms with Crippen LogP contribution in [0.25, 0.3) is 0 Å². The summed E-state index contributed by atoms with van der Waals surface area (Å²) in [5.74, 6) is 0.00421. The van der Waals surface area contributed by atoms with Crippen LogP contribution in [0, 0.1) is 0 Å². The minimum atomic E-state index is -3.82. The van der Waals surface area contributed by atoms with E-state index in [0.717, 1.165) is 11.1 Å². The highest BCUT2D eigenvalue weighted by Gasteiger charge is 2.27. The van der Waals surface area contributed by atoms with E-state index in [1.807, 2.05) is 60.7 Å². The van der Waals surface area contributed by atoms with Gasteiger partial charge in [-0.2, -0.15) is 0 Å². The molecular weight excluding hydrogens is 348 g/mol. The molecule has 0 bridgehead atoms. The fraction of sp³-hybridized carbons (Fsp3) is 0.100. The molecule has 26 heavy (non-hydrogen) atoms. The van der Waals surface area contributed by atoms with E-state index in [1.165, 1.54) is 24.3 Å². The Balaban J connectivity index is 1.97. The highest BCUT2D eigenvalue weighted by atomic mass is 32.2. The maximum absolute atomic E-state index is 12.8. The number of nitrogens with one attached hydrogen (secondary N) is 1. The van der Waals surface area contributed by atoms with E-state index in [0.29, 0.717) is 0 Å². The Hall–Kier alpha value is -2.67. The Labute approximate surface area is 153 Å². The van der Waals surface area contributed by atoms with Gasteiger partial charge in [-0.3, -0.25) is 0 Å². The third kappa shape index (κ3) is 4.11. The fourth-order valence-corrected chi connectivity index (χ4v) is 3.98. The van der Waals surface area contributed by atoms with E-state index in [2.05, 4.69) is 4.72 Å². The van der Waals surface area contributed by atoms with Gasteiger partial charge in [0.1, 0.15) is 5.75 Å². The Bertz CT molecular complexity index is 943. The van der Waals surface area contributed by atoms with Gasteiger partial charge in [-0.25, -0.2) is 13.1 Å². The van der Waals surface area contributed by atoms with E-state index in [-0.39, 0.29) is 10.6 Å². The first-order chi connectivity index (χ1) is 12.5. The van der Waals surface area contributed by atoms with Crippen molar-refractivity contribution in [2.75, 3.05) is 0 Å². The lowest BCUT2D eigenvalue weighted by Gasteiger charge is -2.26. The lowest BCUT2D eigenvalue weighted by molar-refractivity contribution is 0.474. The lowest BCUT2D eigenvalue weighted by Crippen LogP contribution is -2.36. The summed E-state index contributed by atoms with van der Waals surface area (Å²) in [5.41, 5.74) is 8.01. The van der Waals surface area contributed by atoms with Crippen molar-refractivity contribution >= 4 is 10.0 Å². The van der Waals surface area contributed by atoms with Crippen LogP contribution in [0.1, 0.15) is 23.2 Å². The zero-order valence-corrected chi connectivity index (χ0v) is 14.8. The van der Waals surface area contributed by atoms with Crippen molar-refractivity contribution in [2.24, 2.45) is 5.73 Å². The average Bonchev–Trinajstić information content (AvgIpc) is 2.67. The predicted octanol–water partition coefficient (Wildman–Crippen LogP) is 3.11. The van der Waals surface area contributed by atoms with E-state index in [4.69, 9.17) is 5.73 Å². The molecule has 0 aliphatic heterocycles. The second-order valence-electron chi connectivity index (χ2n) is 5.94. The van der Waals surface area contributed by atoms with Crippen LogP contribution in [0.2, 0.25) is 0 Å². The summed E-state index contributed by atoms with van der Waals surface area (Å²) in [6, 6.07) is 22.8. The second kappa shape index (κ2) is 7.70. The molecule has 0 aromatic heterocycles. The van der Waals surface area contributed by atoms with Gasteiger partial charge in [0.05, 0.1) is 17.0 Å². The normalized spacial score (nSPS) is 13.9. The average molecular weight is 368 g/mol. The molecule has 0 heterocycles. The van der Waals surface area contributed by atoms with E-state index >= 15 is 0 Å². The molecule has 0 aliphatic carbocycles. The number of hydrogen-bond donors (Lipinski definition) is 3. The van der Waals surface area contributed by atoms with Crippen LogP contribution in [0.4, 0.5) is 0 Å². The third-order valence-electron chi connectivity index (χ3n) is 4.13. The van der Waals surface area contributed by atoms with Crippen LogP contribution in [-0.4, -0.2) is 13.5 Å². The summed E-state index contributed by atoms with van der Waals surface area (Å²) in [4.78, 5) is 0.0662. The first-order valence-electron chi connectivity index (χ1n) is 8.14. The molecule has 6 heteroatoms. The molecule has 4 N–H and O–H groups in total. The minimum absolute atomic E-state index is 0.00421. The molecular formula is C20H20N2O3S. The van der Waals surface area contributed by atoms with Gasteiger partial charge in [0.2, 0.25) is 10.0 Å². The highest BCUT2D eigenvalue weighted by molar-refractivity contribution is 7.89. The van der Waals surface area contributed by atoms with Gasteiger partial charge >= 0.3 is 0 Å². The van der Waals surface area contributed by atoms with Crippen molar-refractivity contribution in [2.45, 2.75) is 17.0 Å². The predicted molar refractivity (Wildman–Crippen MR) is 101 cm³/mol. The van der Waals surface area contributed by atoms with Gasteiger partial charge in [0.25, 0.3) is 0 Å². The topological polar surface area (TPSA) is 92.4 Å². The smallest absolute Gasteiger partial charge is 0.241 e. The SMILES string of the molecule is NC(c1ccccc1)C(NS(=O)(=O)c1ccc(O)cc1)c1ccccc1. The first-order valence-corrected chi connectivity index (χ1v) is 9.62. The second-order valence-corrected chi connectivity index (χ2v) is 7.65. The van der Waals surface area contributed by atoms with Gasteiger partial charge in [-0.15, -0.1) is 0 Å². The van der Waals surface area contributed by atoms with Crippen molar-refractivity contribution in [1.82, 2.24) is 4.72 Å². The van der Waals surface area contributed by atoms with E-state index in [1.54, 1.807) is 0 Å². The van der Waals surface area contributed by atoms with Crippen LogP contribution in [-0.2, 0) is 10.0 Å². The third-order valence-corrected chi connectivity index (χ3v) is 5.59. The molecule has 0 amide bonds. The Morgan fingerprint density at radius 3 is 1.81 bits per heavy atom. The van der Waals surface area contributed by atoms with Crippen molar-refractivity contribution in [3.63, 3.8) is 0 Å². The number of phenolic OH excluding ortho intramolecular Hbond substituents is 1. The lowest BCUT2D eigenvalue weighted by atomic mass is 9.95. The summed E-state index contributed by atoms with van der Waals surface area (Å²) in [6.45, 7) is 0. The molecule has 5 nitrogen and oxygen atoms in total. The van der Waals surface area contributed by atoms with Gasteiger partial charge in [-0.05, 0) is 35.4 Å². The van der Waals surface area contributed by atoms with E-state index < -0.39 is 22.1 Å². The summed E-state index contributed by atoms with van der Waals surface area (Å²) < 4.78 is 28.3.